The van der Waals surface area contributed by atoms with Crippen molar-refractivity contribution in [2.75, 3.05) is 27.3 Å². The molecule has 1 aliphatic rings. The minimum atomic E-state index is -0.369. The smallest absolute Gasteiger partial charge is 0.227 e. The molecule has 0 saturated carbocycles. The first-order valence-corrected chi connectivity index (χ1v) is 5.80. The Morgan fingerprint density at radius 1 is 1.39 bits per heavy atom. The zero-order chi connectivity index (χ0) is 13.1. The molecule has 1 aromatic carbocycles. The Labute approximate surface area is 106 Å². The van der Waals surface area contributed by atoms with Crippen LogP contribution in [0.1, 0.15) is 5.56 Å². The summed E-state index contributed by atoms with van der Waals surface area (Å²) in [5.41, 5.74) is 0.824. The monoisotopic (exact) mass is 251 g/mol. The molecule has 2 rings (SSSR count). The fraction of sp³-hybridized carbons (Fsp3) is 0.462. The number of ether oxygens (including phenoxy) is 2. The van der Waals surface area contributed by atoms with Gasteiger partial charge in [-0.25, -0.2) is 0 Å². The molecule has 1 aromatic rings. The number of likely N-dealkylation sites (tertiary alicyclic amines) is 1. The summed E-state index contributed by atoms with van der Waals surface area (Å²) in [5, 5.41) is 9.17. The molecule has 1 amide bonds. The molecule has 18 heavy (non-hydrogen) atoms. The zero-order valence-electron chi connectivity index (χ0n) is 10.5. The second-order valence-corrected chi connectivity index (χ2v) is 4.31. The number of benzene rings is 1. The topological polar surface area (TPSA) is 59.0 Å². The summed E-state index contributed by atoms with van der Waals surface area (Å²) in [5.74, 6) is 1.34. The molecular formula is C13H17NO4. The second kappa shape index (κ2) is 5.27. The fourth-order valence-corrected chi connectivity index (χ4v) is 1.93. The average molecular weight is 251 g/mol. The van der Waals surface area contributed by atoms with E-state index in [-0.39, 0.29) is 18.4 Å². The number of aliphatic hydroxyl groups is 1. The highest BCUT2D eigenvalue weighted by Gasteiger charge is 2.28. The van der Waals surface area contributed by atoms with E-state index in [4.69, 9.17) is 14.6 Å². The highest BCUT2D eigenvalue weighted by atomic mass is 16.5. The van der Waals surface area contributed by atoms with Crippen LogP contribution in [0.15, 0.2) is 18.2 Å². The first kappa shape index (κ1) is 12.7. The van der Waals surface area contributed by atoms with Gasteiger partial charge in [-0.05, 0) is 6.07 Å². The minimum absolute atomic E-state index is 0.00349. The third-order valence-electron chi connectivity index (χ3n) is 3.05. The van der Waals surface area contributed by atoms with Crippen LogP contribution in [-0.4, -0.2) is 49.3 Å². The van der Waals surface area contributed by atoms with Crippen LogP contribution in [0.4, 0.5) is 0 Å². The van der Waals surface area contributed by atoms with E-state index in [0.717, 1.165) is 5.56 Å². The highest BCUT2D eigenvalue weighted by Crippen LogP contribution is 2.25. The lowest BCUT2D eigenvalue weighted by Crippen LogP contribution is -2.53. The largest absolute Gasteiger partial charge is 0.497 e. The quantitative estimate of drug-likeness (QED) is 0.844. The van der Waals surface area contributed by atoms with Crippen LogP contribution in [0.3, 0.4) is 0 Å². The standard InChI is InChI=1S/C13H17NO4/c1-17-11-4-3-9(12(6-11)18-2)5-13(16)14-7-10(15)8-14/h3-4,6,10,15H,5,7-8H2,1-2H3. The molecule has 1 fully saturated rings. The van der Waals surface area contributed by atoms with Gasteiger partial charge in [0.1, 0.15) is 11.5 Å². The molecule has 1 N–H and O–H groups in total. The van der Waals surface area contributed by atoms with E-state index in [2.05, 4.69) is 0 Å². The Morgan fingerprint density at radius 3 is 2.67 bits per heavy atom. The molecule has 0 aliphatic carbocycles. The van der Waals surface area contributed by atoms with Gasteiger partial charge in [-0.1, -0.05) is 6.07 Å². The molecule has 0 bridgehead atoms. The molecule has 1 saturated heterocycles. The molecule has 1 heterocycles. The van der Waals surface area contributed by atoms with Gasteiger partial charge in [0.15, 0.2) is 0 Å². The number of hydrogen-bond acceptors (Lipinski definition) is 4. The van der Waals surface area contributed by atoms with Gasteiger partial charge < -0.3 is 19.5 Å². The molecule has 0 atom stereocenters. The van der Waals surface area contributed by atoms with Crippen molar-refractivity contribution < 1.29 is 19.4 Å². The van der Waals surface area contributed by atoms with E-state index in [1.165, 1.54) is 0 Å². The van der Waals surface area contributed by atoms with Gasteiger partial charge in [-0.3, -0.25) is 4.79 Å². The Hall–Kier alpha value is -1.75. The summed E-state index contributed by atoms with van der Waals surface area (Å²) in [4.78, 5) is 13.5. The number of methoxy groups -OCH3 is 2. The maximum absolute atomic E-state index is 11.9. The molecule has 0 unspecified atom stereocenters. The number of carbonyl (C=O) groups excluding carboxylic acids is 1. The first-order valence-electron chi connectivity index (χ1n) is 5.80. The summed E-state index contributed by atoms with van der Waals surface area (Å²) in [6.07, 6.45) is -0.0911. The number of β-amino-alcohol motifs (C(OH)–C–C–N with tert-alkyl or cyclic N) is 1. The average Bonchev–Trinajstić information content (AvgIpc) is 2.35. The van der Waals surface area contributed by atoms with Gasteiger partial charge in [0.25, 0.3) is 0 Å². The van der Waals surface area contributed by atoms with Gasteiger partial charge in [0.2, 0.25) is 5.91 Å². The molecule has 0 radical (unpaired) electrons. The molecule has 5 heteroatoms. The van der Waals surface area contributed by atoms with Crippen molar-refractivity contribution in [1.82, 2.24) is 4.90 Å². The SMILES string of the molecule is COc1ccc(CC(=O)N2CC(O)C2)c(OC)c1. The van der Waals surface area contributed by atoms with Gasteiger partial charge in [0, 0.05) is 24.7 Å². The van der Waals surface area contributed by atoms with E-state index < -0.39 is 0 Å². The molecule has 0 spiro atoms. The van der Waals surface area contributed by atoms with E-state index in [1.807, 2.05) is 6.07 Å². The molecular weight excluding hydrogens is 234 g/mol. The summed E-state index contributed by atoms with van der Waals surface area (Å²) in [6, 6.07) is 5.38. The number of carbonyl (C=O) groups is 1. The minimum Gasteiger partial charge on any atom is -0.497 e. The van der Waals surface area contributed by atoms with Crippen molar-refractivity contribution in [1.29, 1.82) is 0 Å². The van der Waals surface area contributed by atoms with Crippen LogP contribution in [-0.2, 0) is 11.2 Å². The van der Waals surface area contributed by atoms with Crippen LogP contribution in [0.2, 0.25) is 0 Å². The predicted octanol–water partition coefficient (Wildman–Crippen LogP) is 0.449. The number of rotatable bonds is 4. The van der Waals surface area contributed by atoms with Gasteiger partial charge >= 0.3 is 0 Å². The van der Waals surface area contributed by atoms with Crippen LogP contribution >= 0.6 is 0 Å². The van der Waals surface area contributed by atoms with Crippen molar-refractivity contribution in [3.05, 3.63) is 23.8 Å². The Bertz CT molecular complexity index is 441. The molecule has 1 aliphatic heterocycles. The normalized spacial score (nSPS) is 15.2. The van der Waals surface area contributed by atoms with Gasteiger partial charge in [-0.15, -0.1) is 0 Å². The van der Waals surface area contributed by atoms with Crippen molar-refractivity contribution in [3.8, 4) is 11.5 Å². The summed E-state index contributed by atoms with van der Waals surface area (Å²) >= 11 is 0. The number of hydrogen-bond donors (Lipinski definition) is 1. The van der Waals surface area contributed by atoms with E-state index in [9.17, 15) is 4.79 Å². The van der Waals surface area contributed by atoms with Crippen LogP contribution in [0, 0.1) is 0 Å². The maximum atomic E-state index is 11.9. The van der Waals surface area contributed by atoms with E-state index in [0.29, 0.717) is 24.6 Å². The van der Waals surface area contributed by atoms with Crippen molar-refractivity contribution in [3.63, 3.8) is 0 Å². The van der Waals surface area contributed by atoms with E-state index in [1.54, 1.807) is 31.3 Å². The summed E-state index contributed by atoms with van der Waals surface area (Å²) < 4.78 is 10.3. The van der Waals surface area contributed by atoms with Crippen LogP contribution in [0.5, 0.6) is 11.5 Å². The lowest BCUT2D eigenvalue weighted by molar-refractivity contribution is -0.140. The number of nitrogens with zero attached hydrogens (tertiary/aromatic N) is 1. The third-order valence-corrected chi connectivity index (χ3v) is 3.05. The lowest BCUT2D eigenvalue weighted by Gasteiger charge is -2.36. The van der Waals surface area contributed by atoms with Gasteiger partial charge in [0.05, 0.1) is 26.7 Å². The number of amides is 1. The maximum Gasteiger partial charge on any atom is 0.227 e. The van der Waals surface area contributed by atoms with Crippen LogP contribution in [0.25, 0.3) is 0 Å². The second-order valence-electron chi connectivity index (χ2n) is 4.31. The Kier molecular flexibility index (Phi) is 3.72. The fourth-order valence-electron chi connectivity index (χ4n) is 1.93. The predicted molar refractivity (Wildman–Crippen MR) is 65.8 cm³/mol. The van der Waals surface area contributed by atoms with Crippen LogP contribution < -0.4 is 9.47 Å². The molecule has 0 aromatic heterocycles. The van der Waals surface area contributed by atoms with Crippen molar-refractivity contribution >= 4 is 5.91 Å². The Balaban J connectivity index is 2.06. The molecule has 5 nitrogen and oxygen atoms in total. The summed E-state index contributed by atoms with van der Waals surface area (Å²) in [7, 11) is 3.15. The lowest BCUT2D eigenvalue weighted by atomic mass is 10.1. The third kappa shape index (κ3) is 2.56. The molecule has 98 valence electrons. The highest BCUT2D eigenvalue weighted by molar-refractivity contribution is 5.80. The summed E-state index contributed by atoms with van der Waals surface area (Å²) in [6.45, 7) is 0.856. The van der Waals surface area contributed by atoms with E-state index >= 15 is 0 Å². The zero-order valence-corrected chi connectivity index (χ0v) is 10.5. The van der Waals surface area contributed by atoms with Crippen molar-refractivity contribution in [2.45, 2.75) is 12.5 Å². The van der Waals surface area contributed by atoms with Gasteiger partial charge in [-0.2, -0.15) is 0 Å². The Morgan fingerprint density at radius 2 is 2.11 bits per heavy atom. The van der Waals surface area contributed by atoms with Crippen molar-refractivity contribution in [2.24, 2.45) is 0 Å². The number of aliphatic hydroxyl groups excluding tert-OH is 1. The first-order chi connectivity index (χ1) is 8.63.